The molecule has 0 aliphatic rings. The molecule has 7 aromatic carbocycles. The molecular weight excluding hydrogens is 1020 g/mol. The summed E-state index contributed by atoms with van der Waals surface area (Å²) in [5.74, 6) is 0.448. The van der Waals surface area contributed by atoms with Crippen LogP contribution in [0.5, 0.6) is 0 Å². The summed E-state index contributed by atoms with van der Waals surface area (Å²) in [6.07, 6.45) is 0.528. The Bertz CT molecular complexity index is 3390. The quantitative estimate of drug-likeness (QED) is 0.112. The van der Waals surface area contributed by atoms with Gasteiger partial charge in [-0.15, -0.1) is 59.7 Å². The average molecular weight is 1080 g/mol. The molecule has 0 bridgehead atoms. The SMILES string of the molecule is CC(C)(C)c1cc(F)cc(-c2ccccc2)c1-n1c(-c2[c-]cc3sc4c(-c5ccccc5)cccc4c3c2)nc2ccccc21.[2H]C([2H])(c1cc(-c2[c-]cccc2)ncc1[Si](C)(C)C)C(C)C.[Ir]. The van der Waals surface area contributed by atoms with Gasteiger partial charge < -0.3 is 9.55 Å². The van der Waals surface area contributed by atoms with Crippen molar-refractivity contribution < 1.29 is 27.2 Å². The van der Waals surface area contributed by atoms with Gasteiger partial charge >= 0.3 is 0 Å². The van der Waals surface area contributed by atoms with E-state index in [1.807, 2.05) is 98.9 Å². The van der Waals surface area contributed by atoms with Crippen molar-refractivity contribution in [3.63, 3.8) is 0 Å². The second-order valence-corrected chi connectivity index (χ2v) is 25.0. The van der Waals surface area contributed by atoms with Crippen LogP contribution >= 0.6 is 11.3 Å². The molecular formula is C59H54FIrN3SSi-2. The van der Waals surface area contributed by atoms with Gasteiger partial charge in [0, 0.05) is 39.3 Å². The molecule has 0 saturated carbocycles. The van der Waals surface area contributed by atoms with Crippen molar-refractivity contribution in [2.75, 3.05) is 0 Å². The topological polar surface area (TPSA) is 30.7 Å². The minimum Gasteiger partial charge on any atom is -0.332 e. The molecule has 0 N–H and O–H groups in total. The predicted octanol–water partition coefficient (Wildman–Crippen LogP) is 15.9. The van der Waals surface area contributed by atoms with Crippen molar-refractivity contribution >= 4 is 55.8 Å². The smallest absolute Gasteiger partial charge is 0.124 e. The van der Waals surface area contributed by atoms with Gasteiger partial charge in [0.15, 0.2) is 0 Å². The van der Waals surface area contributed by atoms with Gasteiger partial charge in [0.1, 0.15) is 5.82 Å². The van der Waals surface area contributed by atoms with Crippen molar-refractivity contribution in [1.82, 2.24) is 14.5 Å². The molecule has 10 rings (SSSR count). The number of benzene rings is 7. The third kappa shape index (κ3) is 9.54. The van der Waals surface area contributed by atoms with Gasteiger partial charge in [0.25, 0.3) is 0 Å². The molecule has 0 unspecified atom stereocenters. The van der Waals surface area contributed by atoms with Crippen molar-refractivity contribution in [1.29, 1.82) is 0 Å². The summed E-state index contributed by atoms with van der Waals surface area (Å²) < 4.78 is 37.2. The first-order valence-electron chi connectivity index (χ1n) is 23.3. The average Bonchev–Trinajstić information content (AvgIpc) is 3.90. The van der Waals surface area contributed by atoms with Gasteiger partial charge in [-0.3, -0.25) is 4.98 Å². The molecule has 3 heterocycles. The first-order chi connectivity index (χ1) is 32.0. The second kappa shape index (κ2) is 19.2. The molecule has 3 aromatic heterocycles. The Balaban J connectivity index is 0.000000230. The largest absolute Gasteiger partial charge is 0.332 e. The Hall–Kier alpha value is -5.82. The van der Waals surface area contributed by atoms with Gasteiger partial charge in [-0.05, 0) is 85.2 Å². The minimum atomic E-state index is -1.67. The zero-order chi connectivity index (χ0) is 47.3. The number of nitrogens with zero attached hydrogens (tertiary/aromatic N) is 3. The summed E-state index contributed by atoms with van der Waals surface area (Å²) in [6, 6.07) is 59.5. The molecule has 10 aromatic rings. The zero-order valence-corrected chi connectivity index (χ0v) is 42.8. The van der Waals surface area contributed by atoms with E-state index in [4.69, 9.17) is 7.73 Å². The number of thiophene rings is 1. The molecule has 0 aliphatic heterocycles. The Labute approximate surface area is 410 Å². The molecule has 0 amide bonds. The number of rotatable bonds is 8. The number of hydrogen-bond acceptors (Lipinski definition) is 3. The predicted molar refractivity (Wildman–Crippen MR) is 278 cm³/mol. The fourth-order valence-corrected chi connectivity index (χ4v) is 11.2. The minimum absolute atomic E-state index is 0. The summed E-state index contributed by atoms with van der Waals surface area (Å²) in [5, 5.41) is 3.50. The number of aromatic nitrogens is 3. The Morgan fingerprint density at radius 1 is 0.742 bits per heavy atom. The standard InChI is InChI=1S/C41H30FN2S.C18H24NSi.Ir/c1-41(2,3)34-25-29(42)24-32(27-15-8-5-9-16-27)38(34)44-36-20-11-10-19-35(36)43-40(44)28-21-22-37-33(23-28)31-18-12-17-30(39(31)45-37)26-13-6-4-7-14-26;1-14(2)11-16-12-17(15-9-7-6-8-10-15)19-13-18(16)20(3,4)5;/h4-20,22-25H,1-3H3;6-9,12-14H,11H2,1-5H3;/q2*-1;/i;11D2;. The van der Waals surface area contributed by atoms with Gasteiger partial charge in [-0.25, -0.2) is 4.39 Å². The molecule has 0 saturated heterocycles. The van der Waals surface area contributed by atoms with E-state index in [1.165, 1.54) is 31.3 Å². The van der Waals surface area contributed by atoms with Crippen LogP contribution in [0, 0.1) is 23.9 Å². The van der Waals surface area contributed by atoms with E-state index < -0.39 is 14.4 Å². The third-order valence-electron chi connectivity index (χ3n) is 11.6. The maximum absolute atomic E-state index is 15.4. The van der Waals surface area contributed by atoms with E-state index in [0.717, 1.165) is 66.8 Å². The number of para-hydroxylation sites is 2. The van der Waals surface area contributed by atoms with E-state index in [0.29, 0.717) is 0 Å². The molecule has 66 heavy (non-hydrogen) atoms. The molecule has 0 spiro atoms. The van der Waals surface area contributed by atoms with Gasteiger partial charge in [0.05, 0.1) is 30.6 Å². The normalized spacial score (nSPS) is 12.5. The van der Waals surface area contributed by atoms with Crippen LogP contribution in [-0.4, -0.2) is 22.6 Å². The van der Waals surface area contributed by atoms with Crippen LogP contribution in [0.15, 0.2) is 164 Å². The fraction of sp³-hybridized carbons (Fsp3) is 0.186. The third-order valence-corrected chi connectivity index (χ3v) is 14.9. The van der Waals surface area contributed by atoms with Crippen LogP contribution < -0.4 is 5.19 Å². The number of pyridine rings is 1. The Kier molecular flexibility index (Phi) is 12.8. The van der Waals surface area contributed by atoms with E-state index in [9.17, 15) is 0 Å². The molecule has 3 nitrogen and oxygen atoms in total. The van der Waals surface area contributed by atoms with Crippen molar-refractivity contribution in [2.24, 2.45) is 5.92 Å². The summed E-state index contributed by atoms with van der Waals surface area (Å²) >= 11 is 1.80. The number of hydrogen-bond donors (Lipinski definition) is 0. The van der Waals surface area contributed by atoms with Crippen LogP contribution in [-0.2, 0) is 31.9 Å². The van der Waals surface area contributed by atoms with E-state index in [2.05, 4.69) is 129 Å². The maximum atomic E-state index is 15.4. The van der Waals surface area contributed by atoms with Crippen molar-refractivity contribution in [2.45, 2.75) is 66.0 Å². The summed E-state index contributed by atoms with van der Waals surface area (Å²) in [4.78, 5) is 9.80. The summed E-state index contributed by atoms with van der Waals surface area (Å²) in [7, 11) is -1.67. The zero-order valence-electron chi connectivity index (χ0n) is 40.6. The van der Waals surface area contributed by atoms with Crippen LogP contribution in [0.1, 0.15) is 48.5 Å². The van der Waals surface area contributed by atoms with Gasteiger partial charge in [-0.1, -0.05) is 162 Å². The fourth-order valence-electron chi connectivity index (χ4n) is 8.58. The summed E-state index contributed by atoms with van der Waals surface area (Å²) in [5.41, 5.74) is 11.0. The van der Waals surface area contributed by atoms with E-state index in [1.54, 1.807) is 23.5 Å². The molecule has 333 valence electrons. The molecule has 0 atom stereocenters. The number of halogens is 1. The van der Waals surface area contributed by atoms with Crippen LogP contribution in [0.3, 0.4) is 0 Å². The van der Waals surface area contributed by atoms with E-state index >= 15 is 4.39 Å². The van der Waals surface area contributed by atoms with Crippen LogP contribution in [0.4, 0.5) is 4.39 Å². The van der Waals surface area contributed by atoms with Crippen LogP contribution in [0.2, 0.25) is 19.6 Å². The molecule has 7 heteroatoms. The molecule has 1 radical (unpaired) electrons. The maximum Gasteiger partial charge on any atom is 0.124 e. The summed E-state index contributed by atoms with van der Waals surface area (Å²) in [6.45, 7) is 17.0. The number of imidazole rings is 1. The first kappa shape index (κ1) is 44.0. The van der Waals surface area contributed by atoms with Gasteiger partial charge in [-0.2, -0.15) is 11.3 Å². The Morgan fingerprint density at radius 2 is 1.42 bits per heavy atom. The molecule has 0 aliphatic carbocycles. The van der Waals surface area contributed by atoms with E-state index in [-0.39, 0.29) is 37.3 Å². The second-order valence-electron chi connectivity index (χ2n) is 18.9. The Morgan fingerprint density at radius 3 is 2.09 bits per heavy atom. The van der Waals surface area contributed by atoms with Gasteiger partial charge in [0.2, 0.25) is 0 Å². The van der Waals surface area contributed by atoms with Crippen LogP contribution in [0.25, 0.3) is 81.8 Å². The first-order valence-corrected chi connectivity index (χ1v) is 26.6. The van der Waals surface area contributed by atoms with Crippen molar-refractivity contribution in [3.05, 3.63) is 193 Å². The number of fused-ring (bicyclic) bond motifs is 4. The molecule has 0 fully saturated rings. The van der Waals surface area contributed by atoms with Crippen molar-refractivity contribution in [3.8, 4) is 50.6 Å². The monoisotopic (exact) mass is 1080 g/mol.